The fourth-order valence-corrected chi connectivity index (χ4v) is 14.0. The first kappa shape index (κ1) is 40.4. The van der Waals surface area contributed by atoms with E-state index in [4.69, 9.17) is 4.74 Å². The van der Waals surface area contributed by atoms with Crippen LogP contribution in [0.4, 0.5) is 5.82 Å². The van der Waals surface area contributed by atoms with Crippen LogP contribution < -0.4 is 4.90 Å². The molecule has 55 heavy (non-hydrogen) atoms. The van der Waals surface area contributed by atoms with Crippen molar-refractivity contribution in [2.45, 2.75) is 139 Å². The average Bonchev–Trinajstić information content (AvgIpc) is 3.43. The highest BCUT2D eigenvalue weighted by Gasteiger charge is 2.71. The predicted octanol–water partition coefficient (Wildman–Crippen LogP) is 7.96. The summed E-state index contributed by atoms with van der Waals surface area (Å²) >= 11 is 0. The van der Waals surface area contributed by atoms with Gasteiger partial charge in [0.15, 0.2) is 5.78 Å². The van der Waals surface area contributed by atoms with E-state index < -0.39 is 28.9 Å². The van der Waals surface area contributed by atoms with Crippen molar-refractivity contribution in [1.82, 2.24) is 9.88 Å². The number of aliphatic hydroxyl groups excluding tert-OH is 1. The van der Waals surface area contributed by atoms with Crippen LogP contribution in [0.5, 0.6) is 0 Å². The number of carboxylic acid groups (broad SMARTS) is 1. The third-order valence-electron chi connectivity index (χ3n) is 17.3. The zero-order valence-corrected chi connectivity index (χ0v) is 35.2. The first-order valence-electron chi connectivity index (χ1n) is 21.5. The Morgan fingerprint density at radius 1 is 0.927 bits per heavy atom. The summed E-state index contributed by atoms with van der Waals surface area (Å²) in [6.07, 6.45) is 9.25. The largest absolute Gasteiger partial charge is 0.481 e. The molecule has 1 aromatic heterocycles. The molecule has 9 atom stereocenters. The maximum absolute atomic E-state index is 14.2. The molecule has 1 aliphatic heterocycles. The Morgan fingerprint density at radius 2 is 1.64 bits per heavy atom. The molecule has 5 fully saturated rings. The van der Waals surface area contributed by atoms with Crippen molar-refractivity contribution >= 4 is 23.5 Å². The Kier molecular flexibility index (Phi) is 10.3. The van der Waals surface area contributed by atoms with Crippen LogP contribution >= 0.6 is 0 Å². The molecule has 6 aliphatic rings. The molecule has 5 aliphatic carbocycles. The molecule has 2 heterocycles. The van der Waals surface area contributed by atoms with Gasteiger partial charge >= 0.3 is 11.9 Å². The summed E-state index contributed by atoms with van der Waals surface area (Å²) in [6, 6.07) is 6.05. The Hall–Kier alpha value is -2.78. The summed E-state index contributed by atoms with van der Waals surface area (Å²) in [6.45, 7) is 23.8. The quantitative estimate of drug-likeness (QED) is 0.242. The molecular formula is C46H69N3O6. The number of β-amino-alcohol motifs (C(OH)–C–C–N with tert-alkyl or cyclic N) is 1. The van der Waals surface area contributed by atoms with Gasteiger partial charge in [0.05, 0.1) is 17.9 Å². The van der Waals surface area contributed by atoms with E-state index in [0.717, 1.165) is 88.9 Å². The van der Waals surface area contributed by atoms with E-state index in [1.165, 1.54) is 5.57 Å². The topological polar surface area (TPSA) is 120 Å². The number of rotatable bonds is 9. The predicted molar refractivity (Wildman–Crippen MR) is 214 cm³/mol. The van der Waals surface area contributed by atoms with Gasteiger partial charge in [0.1, 0.15) is 11.9 Å². The second kappa shape index (κ2) is 14.0. The number of anilines is 1. The lowest BCUT2D eigenvalue weighted by Gasteiger charge is -2.72. The number of carbonyl (C=O) groups is 3. The average molecular weight is 760 g/mol. The van der Waals surface area contributed by atoms with E-state index in [1.54, 1.807) is 13.8 Å². The van der Waals surface area contributed by atoms with Gasteiger partial charge in [0.2, 0.25) is 0 Å². The highest BCUT2D eigenvalue weighted by molar-refractivity contribution is 6.00. The molecule has 9 unspecified atom stereocenters. The number of piperazine rings is 1. The lowest BCUT2D eigenvalue weighted by Crippen LogP contribution is -2.66. The molecule has 7 rings (SSSR count). The number of aliphatic carboxylic acids is 1. The van der Waals surface area contributed by atoms with Gasteiger partial charge in [-0.15, -0.1) is 0 Å². The number of hydrogen-bond acceptors (Lipinski definition) is 8. The molecule has 1 aromatic rings. The van der Waals surface area contributed by atoms with Crippen molar-refractivity contribution in [2.75, 3.05) is 37.6 Å². The maximum Gasteiger partial charge on any atom is 0.309 e. The number of ketones is 1. The van der Waals surface area contributed by atoms with E-state index in [-0.39, 0.29) is 51.8 Å². The second-order valence-electron chi connectivity index (χ2n) is 21.0. The molecule has 304 valence electrons. The third-order valence-corrected chi connectivity index (χ3v) is 17.3. The van der Waals surface area contributed by atoms with Crippen LogP contribution in [0, 0.1) is 56.2 Å². The van der Waals surface area contributed by atoms with Gasteiger partial charge in [-0.3, -0.25) is 19.3 Å². The molecule has 4 saturated carbocycles. The van der Waals surface area contributed by atoms with Gasteiger partial charge in [-0.25, -0.2) is 4.98 Å². The van der Waals surface area contributed by atoms with Crippen LogP contribution in [0.2, 0.25) is 0 Å². The summed E-state index contributed by atoms with van der Waals surface area (Å²) in [5.41, 5.74) is 0.573. The zero-order valence-electron chi connectivity index (χ0n) is 35.2. The number of pyridine rings is 1. The van der Waals surface area contributed by atoms with Gasteiger partial charge in [-0.05, 0) is 123 Å². The fraction of sp³-hybridized carbons (Fsp3) is 0.783. The monoisotopic (exact) mass is 760 g/mol. The van der Waals surface area contributed by atoms with Crippen molar-refractivity contribution in [1.29, 1.82) is 0 Å². The minimum atomic E-state index is -1.16. The number of Topliss-reactive ketones (excluding diaryl/α,β-unsaturated/α-hetero) is 1. The summed E-state index contributed by atoms with van der Waals surface area (Å²) < 4.78 is 6.19. The molecule has 2 N–H and O–H groups in total. The number of aliphatic hydroxyl groups is 1. The number of allylic oxidation sites excluding steroid dienone is 1. The Morgan fingerprint density at radius 3 is 2.27 bits per heavy atom. The van der Waals surface area contributed by atoms with Gasteiger partial charge < -0.3 is 19.8 Å². The molecule has 0 bridgehead atoms. The van der Waals surface area contributed by atoms with Crippen LogP contribution in [-0.2, 0) is 19.1 Å². The van der Waals surface area contributed by atoms with Gasteiger partial charge in [-0.2, -0.15) is 0 Å². The van der Waals surface area contributed by atoms with Crippen molar-refractivity contribution in [3.63, 3.8) is 0 Å². The van der Waals surface area contributed by atoms with E-state index in [1.807, 2.05) is 18.3 Å². The first-order chi connectivity index (χ1) is 25.7. The van der Waals surface area contributed by atoms with Crippen LogP contribution in [-0.4, -0.2) is 82.8 Å². The lowest BCUT2D eigenvalue weighted by atomic mass is 9.33. The van der Waals surface area contributed by atoms with Gasteiger partial charge in [0, 0.05) is 56.2 Å². The Bertz CT molecular complexity index is 1700. The smallest absolute Gasteiger partial charge is 0.309 e. The number of nitrogens with zero attached hydrogens (tertiary/aromatic N) is 3. The minimum absolute atomic E-state index is 0.00259. The minimum Gasteiger partial charge on any atom is -0.481 e. The van der Waals surface area contributed by atoms with Crippen LogP contribution in [0.25, 0.3) is 0 Å². The van der Waals surface area contributed by atoms with Crippen LogP contribution in [0.15, 0.2) is 35.5 Å². The maximum atomic E-state index is 14.2. The second-order valence-corrected chi connectivity index (χ2v) is 21.0. The number of aromatic nitrogens is 1. The zero-order chi connectivity index (χ0) is 39.9. The lowest BCUT2D eigenvalue weighted by molar-refractivity contribution is -0.235. The van der Waals surface area contributed by atoms with E-state index in [2.05, 4.69) is 69.3 Å². The SMILES string of the molecule is CC(C)C1=C2C3CCC4C5(C)CCC(OC(=O)CC(C)(C)C(=O)O)C(C)(C)C5CCC4(C)C3(C)CCC2(C(O)CN2CCN(c3ccccn3)CC2)CC1=O. The number of fused-ring (bicyclic) bond motifs is 7. The number of ether oxygens (including phenoxy) is 1. The first-order valence-corrected chi connectivity index (χ1v) is 21.5. The van der Waals surface area contributed by atoms with E-state index in [0.29, 0.717) is 24.8 Å². The molecule has 1 saturated heterocycles. The summed E-state index contributed by atoms with van der Waals surface area (Å²) in [5, 5.41) is 22.1. The number of carboxylic acids is 1. The van der Waals surface area contributed by atoms with Crippen molar-refractivity contribution < 1.29 is 29.3 Å². The number of carbonyl (C=O) groups excluding carboxylic acids is 2. The van der Waals surface area contributed by atoms with E-state index >= 15 is 0 Å². The molecule has 9 heteroatoms. The highest BCUT2D eigenvalue weighted by Crippen LogP contribution is 2.77. The molecule has 0 aromatic carbocycles. The van der Waals surface area contributed by atoms with Gasteiger partial charge in [0.25, 0.3) is 0 Å². The molecule has 0 amide bonds. The molecule has 9 nitrogen and oxygen atoms in total. The van der Waals surface area contributed by atoms with Crippen molar-refractivity contribution in [3.05, 3.63) is 35.5 Å². The number of hydrogen-bond donors (Lipinski definition) is 2. The van der Waals surface area contributed by atoms with E-state index in [9.17, 15) is 24.6 Å². The Balaban J connectivity index is 1.12. The third kappa shape index (κ3) is 6.31. The summed E-state index contributed by atoms with van der Waals surface area (Å²) in [7, 11) is 0. The van der Waals surface area contributed by atoms with Crippen LogP contribution in [0.1, 0.15) is 127 Å². The summed E-state index contributed by atoms with van der Waals surface area (Å²) in [5.74, 6) is 1.13. The van der Waals surface area contributed by atoms with Crippen molar-refractivity contribution in [2.24, 2.45) is 56.2 Å². The molecule has 0 radical (unpaired) electrons. The summed E-state index contributed by atoms with van der Waals surface area (Å²) in [4.78, 5) is 48.4. The Labute approximate surface area is 330 Å². The van der Waals surface area contributed by atoms with Crippen molar-refractivity contribution in [3.8, 4) is 0 Å². The van der Waals surface area contributed by atoms with Gasteiger partial charge in [-0.1, -0.05) is 60.1 Å². The number of esters is 1. The standard InChI is InChI=1S/C46H69N3O6/c1-29(2)38-31(50)26-46(34(51)28-48-22-24-49(25-23-48)36-12-10-11-21-47-36)20-19-44(8)30(39(38)46)13-14-33-43(7)17-16-35(55-37(52)27-41(3,4)40(53)54)42(5,6)32(43)15-18-45(33,44)9/h10-12,21,29-30,32-35,51H,13-20,22-28H2,1-9H3,(H,53,54). The normalized spacial score (nSPS) is 38.2. The molecular weight excluding hydrogens is 691 g/mol. The fourth-order valence-electron chi connectivity index (χ4n) is 14.0. The van der Waals surface area contributed by atoms with Crippen LogP contribution in [0.3, 0.4) is 0 Å². The highest BCUT2D eigenvalue weighted by atomic mass is 16.5. The molecule has 0 spiro atoms.